The van der Waals surface area contributed by atoms with Crippen molar-refractivity contribution in [1.82, 2.24) is 0 Å². The molecule has 0 bridgehead atoms. The van der Waals surface area contributed by atoms with Gasteiger partial charge in [-0.1, -0.05) is 13.5 Å². The quantitative estimate of drug-likeness (QED) is 0.455. The molecule has 0 aromatic heterocycles. The van der Waals surface area contributed by atoms with Crippen LogP contribution >= 0.6 is 0 Å². The molecule has 23 heavy (non-hydrogen) atoms. The van der Waals surface area contributed by atoms with Gasteiger partial charge in [0.1, 0.15) is 11.7 Å². The Morgan fingerprint density at radius 1 is 1.30 bits per heavy atom. The molecule has 1 N–H and O–H groups in total. The van der Waals surface area contributed by atoms with Crippen LogP contribution in [0.1, 0.15) is 26.2 Å². The average Bonchev–Trinajstić information content (AvgIpc) is 2.41. The summed E-state index contributed by atoms with van der Waals surface area (Å²) in [5.74, 6) is -0.863. The number of esters is 1. The summed E-state index contributed by atoms with van der Waals surface area (Å²) < 4.78 is 85.3. The molecule has 10 heteroatoms. The minimum atomic E-state index is -5.96. The van der Waals surface area contributed by atoms with E-state index in [0.717, 1.165) is 6.08 Å². The Labute approximate surface area is 128 Å². The van der Waals surface area contributed by atoms with Gasteiger partial charge < -0.3 is 14.6 Å². The van der Waals surface area contributed by atoms with Crippen LogP contribution in [0.25, 0.3) is 0 Å². The average molecular weight is 350 g/mol. The second-order valence-corrected chi connectivity index (χ2v) is 5.23. The lowest BCUT2D eigenvalue weighted by Gasteiger charge is -2.48. The van der Waals surface area contributed by atoms with Crippen LogP contribution < -0.4 is 0 Å². The number of carbonyl (C=O) groups excluding carboxylic acids is 1. The molecule has 0 saturated heterocycles. The number of aliphatic hydroxyl groups is 1. The van der Waals surface area contributed by atoms with E-state index in [9.17, 15) is 31.1 Å². The first-order chi connectivity index (χ1) is 10.3. The van der Waals surface area contributed by atoms with E-state index in [4.69, 9.17) is 14.6 Å². The lowest BCUT2D eigenvalue weighted by molar-refractivity contribution is -0.387. The Hall–Kier alpha value is -1.29. The van der Waals surface area contributed by atoms with Gasteiger partial charge in [-0.25, -0.2) is 4.79 Å². The Bertz CT molecular complexity index is 440. The van der Waals surface area contributed by atoms with Gasteiger partial charge >= 0.3 is 18.3 Å². The summed E-state index contributed by atoms with van der Waals surface area (Å²) in [6.07, 6.45) is -11.8. The number of rotatable bonds is 6. The minimum absolute atomic E-state index is 0.00782. The third-order valence-electron chi connectivity index (χ3n) is 3.95. The zero-order valence-electron chi connectivity index (χ0n) is 12.1. The molecule has 4 nitrogen and oxygen atoms in total. The third-order valence-corrected chi connectivity index (χ3v) is 3.95. The maximum absolute atomic E-state index is 12.6. The van der Waals surface area contributed by atoms with Gasteiger partial charge in [-0.15, -0.1) is 0 Å². The van der Waals surface area contributed by atoms with Crippen LogP contribution in [-0.4, -0.2) is 47.3 Å². The van der Waals surface area contributed by atoms with E-state index >= 15 is 0 Å². The van der Waals surface area contributed by atoms with Crippen molar-refractivity contribution in [3.05, 3.63) is 12.7 Å². The second-order valence-electron chi connectivity index (χ2n) is 5.23. The summed E-state index contributed by atoms with van der Waals surface area (Å²) in [5.41, 5.74) is -6.49. The second kappa shape index (κ2) is 6.31. The largest absolute Gasteiger partial charge is 0.456 e. The summed E-state index contributed by atoms with van der Waals surface area (Å²) in [7, 11) is 0. The minimum Gasteiger partial charge on any atom is -0.456 e. The van der Waals surface area contributed by atoms with Gasteiger partial charge in [0.25, 0.3) is 5.60 Å². The number of ether oxygens (including phenoxy) is 2. The number of carbonyl (C=O) groups is 1. The first kappa shape index (κ1) is 19.8. The predicted molar refractivity (Wildman–Crippen MR) is 65.3 cm³/mol. The van der Waals surface area contributed by atoms with Gasteiger partial charge in [0.05, 0.1) is 6.61 Å². The zero-order valence-corrected chi connectivity index (χ0v) is 12.1. The van der Waals surface area contributed by atoms with Crippen LogP contribution in [0.5, 0.6) is 0 Å². The molecule has 0 heterocycles. The molecule has 0 spiro atoms. The van der Waals surface area contributed by atoms with Gasteiger partial charge in [-0.2, -0.15) is 26.3 Å². The molecule has 1 fully saturated rings. The van der Waals surface area contributed by atoms with Crippen molar-refractivity contribution in [2.24, 2.45) is 0 Å². The first-order valence-electron chi connectivity index (χ1n) is 6.66. The SMILES string of the molecule is C=CC(=O)OC1CCC1(CC)OCC(O)(C(F)(F)F)C(F)(F)F. The Kier molecular flexibility index (Phi) is 5.42. The molecule has 0 aromatic carbocycles. The lowest BCUT2D eigenvalue weighted by Crippen LogP contribution is -2.63. The van der Waals surface area contributed by atoms with E-state index in [0.29, 0.717) is 0 Å². The third kappa shape index (κ3) is 3.63. The van der Waals surface area contributed by atoms with Crippen molar-refractivity contribution in [2.45, 2.75) is 55.8 Å². The fraction of sp³-hybridized carbons (Fsp3) is 0.769. The Morgan fingerprint density at radius 3 is 2.13 bits per heavy atom. The summed E-state index contributed by atoms with van der Waals surface area (Å²) in [6.45, 7) is 2.58. The summed E-state index contributed by atoms with van der Waals surface area (Å²) in [6, 6.07) is 0. The van der Waals surface area contributed by atoms with Gasteiger partial charge in [0.15, 0.2) is 0 Å². The van der Waals surface area contributed by atoms with Crippen LogP contribution in [0.2, 0.25) is 0 Å². The van der Waals surface area contributed by atoms with Crippen LogP contribution in [-0.2, 0) is 14.3 Å². The van der Waals surface area contributed by atoms with Crippen molar-refractivity contribution in [3.8, 4) is 0 Å². The number of halogens is 6. The molecular formula is C13H16F6O4. The highest BCUT2D eigenvalue weighted by Crippen LogP contribution is 2.47. The van der Waals surface area contributed by atoms with Crippen molar-refractivity contribution in [1.29, 1.82) is 0 Å². The summed E-state index contributed by atoms with van der Waals surface area (Å²) in [4.78, 5) is 11.1. The molecule has 2 unspecified atom stereocenters. The Morgan fingerprint density at radius 2 is 1.83 bits per heavy atom. The fourth-order valence-electron chi connectivity index (χ4n) is 2.18. The molecule has 0 amide bonds. The predicted octanol–water partition coefficient (Wildman–Crippen LogP) is 2.90. The Balaban J connectivity index is 2.91. The highest BCUT2D eigenvalue weighted by atomic mass is 19.4. The van der Waals surface area contributed by atoms with Gasteiger partial charge in [-0.05, 0) is 19.3 Å². The molecule has 0 radical (unpaired) electrons. The maximum Gasteiger partial charge on any atom is 0.428 e. The topological polar surface area (TPSA) is 55.8 Å². The summed E-state index contributed by atoms with van der Waals surface area (Å²) in [5, 5.41) is 9.08. The molecule has 0 aliphatic heterocycles. The van der Waals surface area contributed by atoms with Crippen molar-refractivity contribution >= 4 is 5.97 Å². The molecule has 1 aliphatic rings. The van der Waals surface area contributed by atoms with E-state index in [1.807, 2.05) is 0 Å². The monoisotopic (exact) mass is 350 g/mol. The lowest BCUT2D eigenvalue weighted by atomic mass is 9.74. The molecule has 2 atom stereocenters. The van der Waals surface area contributed by atoms with Crippen LogP contribution in [0, 0.1) is 0 Å². The fourth-order valence-corrected chi connectivity index (χ4v) is 2.18. The maximum atomic E-state index is 12.6. The van der Waals surface area contributed by atoms with Gasteiger partial charge in [-0.3, -0.25) is 0 Å². The van der Waals surface area contributed by atoms with E-state index in [2.05, 4.69) is 6.58 Å². The van der Waals surface area contributed by atoms with Gasteiger partial charge in [0.2, 0.25) is 0 Å². The van der Waals surface area contributed by atoms with Crippen molar-refractivity contribution < 1.29 is 45.7 Å². The zero-order chi connectivity index (χ0) is 18.1. The molecule has 134 valence electrons. The highest BCUT2D eigenvalue weighted by Gasteiger charge is 2.71. The number of hydrogen-bond donors (Lipinski definition) is 1. The van der Waals surface area contributed by atoms with Crippen molar-refractivity contribution in [2.75, 3.05) is 6.61 Å². The van der Waals surface area contributed by atoms with E-state index in [1.165, 1.54) is 6.92 Å². The molecule has 1 aliphatic carbocycles. The normalized spacial score (nSPS) is 25.7. The van der Waals surface area contributed by atoms with Crippen LogP contribution in [0.4, 0.5) is 26.3 Å². The van der Waals surface area contributed by atoms with E-state index < -0.39 is 42.2 Å². The van der Waals surface area contributed by atoms with Gasteiger partial charge in [0, 0.05) is 6.08 Å². The standard InChI is InChI=1S/C13H16F6O4/c1-3-9(20)23-8-5-6-10(8,4-2)22-7-11(21,12(14,15)16)13(17,18)19/h3,8,21H,1,4-7H2,2H3. The summed E-state index contributed by atoms with van der Waals surface area (Å²) >= 11 is 0. The highest BCUT2D eigenvalue weighted by molar-refractivity contribution is 5.81. The van der Waals surface area contributed by atoms with E-state index in [1.54, 1.807) is 0 Å². The van der Waals surface area contributed by atoms with E-state index in [-0.39, 0.29) is 19.3 Å². The molecule has 1 saturated carbocycles. The molecular weight excluding hydrogens is 334 g/mol. The molecule has 0 aromatic rings. The number of hydrogen-bond acceptors (Lipinski definition) is 4. The number of alkyl halides is 6. The smallest absolute Gasteiger partial charge is 0.428 e. The first-order valence-corrected chi connectivity index (χ1v) is 6.66. The molecule has 1 rings (SSSR count). The van der Waals surface area contributed by atoms with Crippen molar-refractivity contribution in [3.63, 3.8) is 0 Å². The van der Waals surface area contributed by atoms with Crippen LogP contribution in [0.15, 0.2) is 12.7 Å². The van der Waals surface area contributed by atoms with Crippen LogP contribution in [0.3, 0.4) is 0 Å².